The molecule has 0 aliphatic carbocycles. The van der Waals surface area contributed by atoms with Crippen LogP contribution in [0.2, 0.25) is 0 Å². The summed E-state index contributed by atoms with van der Waals surface area (Å²) >= 11 is 1.12. The number of anilines is 2. The maximum atomic E-state index is 12.5. The lowest BCUT2D eigenvalue weighted by Crippen LogP contribution is -2.36. The molecule has 1 aliphatic heterocycles. The number of aryl methyl sites for hydroxylation is 1. The Balaban J connectivity index is 1.78. The molecule has 2 aromatic rings. The Bertz CT molecular complexity index is 903. The summed E-state index contributed by atoms with van der Waals surface area (Å²) in [6.45, 7) is 1.92. The van der Waals surface area contributed by atoms with Gasteiger partial charge >= 0.3 is 5.97 Å². The fourth-order valence-corrected chi connectivity index (χ4v) is 3.30. The lowest BCUT2D eigenvalue weighted by molar-refractivity contribution is -0.118. The summed E-state index contributed by atoms with van der Waals surface area (Å²) in [6.07, 6.45) is 0.472. The van der Waals surface area contributed by atoms with Gasteiger partial charge in [-0.25, -0.2) is 9.80 Å². The van der Waals surface area contributed by atoms with Gasteiger partial charge in [-0.1, -0.05) is 12.1 Å². The number of rotatable bonds is 4. The molecule has 26 heavy (non-hydrogen) atoms. The number of ether oxygens (including phenoxy) is 1. The predicted octanol–water partition coefficient (Wildman–Crippen LogP) is 2.96. The zero-order valence-corrected chi connectivity index (χ0v) is 15.1. The Hall–Kier alpha value is -3.00. The first-order valence-corrected chi connectivity index (χ1v) is 8.76. The van der Waals surface area contributed by atoms with Crippen molar-refractivity contribution in [1.29, 1.82) is 0 Å². The van der Waals surface area contributed by atoms with Gasteiger partial charge < -0.3 is 10.1 Å². The molecule has 8 heteroatoms. The third-order valence-corrected chi connectivity index (χ3v) is 4.75. The summed E-state index contributed by atoms with van der Waals surface area (Å²) in [7, 11) is 1.30. The van der Waals surface area contributed by atoms with Gasteiger partial charge in [0.2, 0.25) is 5.91 Å². The molecule has 1 aromatic carbocycles. The number of carbonyl (C=O) groups is 3. The quantitative estimate of drug-likeness (QED) is 0.837. The summed E-state index contributed by atoms with van der Waals surface area (Å²) < 4.78 is 4.65. The zero-order chi connectivity index (χ0) is 18.7. The first kappa shape index (κ1) is 17.8. The number of hydrazone groups is 1. The number of nitrogens with zero attached hydrogens (tertiary/aromatic N) is 2. The highest BCUT2D eigenvalue weighted by Crippen LogP contribution is 2.24. The number of carbonyl (C=O) groups excluding carboxylic acids is 3. The monoisotopic (exact) mass is 371 g/mol. The second-order valence-corrected chi connectivity index (χ2v) is 6.78. The van der Waals surface area contributed by atoms with E-state index in [1.54, 1.807) is 18.2 Å². The van der Waals surface area contributed by atoms with Crippen LogP contribution >= 0.6 is 11.3 Å². The summed E-state index contributed by atoms with van der Waals surface area (Å²) in [4.78, 5) is 36.5. The van der Waals surface area contributed by atoms with Crippen LogP contribution in [0.1, 0.15) is 28.1 Å². The summed E-state index contributed by atoms with van der Waals surface area (Å²) in [5.41, 5.74) is 1.89. The third kappa shape index (κ3) is 3.80. The normalized spacial score (nSPS) is 14.0. The van der Waals surface area contributed by atoms with Crippen molar-refractivity contribution in [3.63, 3.8) is 0 Å². The van der Waals surface area contributed by atoms with Crippen LogP contribution in [0.4, 0.5) is 10.7 Å². The van der Waals surface area contributed by atoms with Crippen LogP contribution in [0.3, 0.4) is 0 Å². The van der Waals surface area contributed by atoms with Gasteiger partial charge in [-0.2, -0.15) is 5.10 Å². The predicted molar refractivity (Wildman–Crippen MR) is 99.6 cm³/mol. The average molecular weight is 371 g/mol. The zero-order valence-electron chi connectivity index (χ0n) is 14.3. The Morgan fingerprint density at radius 1 is 1.23 bits per heavy atom. The number of nitrogens with one attached hydrogen (secondary N) is 1. The van der Waals surface area contributed by atoms with Gasteiger partial charge in [0.05, 0.1) is 17.8 Å². The van der Waals surface area contributed by atoms with E-state index >= 15 is 0 Å². The van der Waals surface area contributed by atoms with E-state index in [1.807, 2.05) is 25.1 Å². The molecule has 0 saturated carbocycles. The molecule has 2 heterocycles. The fraction of sp³-hybridized carbons (Fsp3) is 0.222. The van der Waals surface area contributed by atoms with E-state index in [9.17, 15) is 14.4 Å². The van der Waals surface area contributed by atoms with Crippen LogP contribution in [0.25, 0.3) is 0 Å². The molecular weight excluding hydrogens is 354 g/mol. The van der Waals surface area contributed by atoms with Crippen molar-refractivity contribution in [2.24, 2.45) is 5.10 Å². The molecule has 3 rings (SSSR count). The standard InChI is InChI=1S/C18H17N3O4S/c1-11-4-3-5-12(10-11)21-16(22)9-6-13(20-21)17(23)19-15-8-7-14(26-15)18(24)25-2/h3-5,7-8,10H,6,9H2,1-2H3,(H,19,23). The van der Waals surface area contributed by atoms with Crippen LogP contribution in [0, 0.1) is 6.92 Å². The third-order valence-electron chi connectivity index (χ3n) is 3.77. The molecule has 0 unspecified atom stereocenters. The van der Waals surface area contributed by atoms with E-state index in [2.05, 4.69) is 15.2 Å². The Labute approximate surface area is 154 Å². The van der Waals surface area contributed by atoms with Crippen molar-refractivity contribution in [1.82, 2.24) is 0 Å². The number of hydrogen-bond donors (Lipinski definition) is 1. The second kappa shape index (κ2) is 7.49. The van der Waals surface area contributed by atoms with Crippen molar-refractivity contribution < 1.29 is 19.1 Å². The maximum Gasteiger partial charge on any atom is 0.348 e. The highest BCUT2D eigenvalue weighted by Gasteiger charge is 2.26. The molecule has 0 bridgehead atoms. The van der Waals surface area contributed by atoms with E-state index in [4.69, 9.17) is 0 Å². The van der Waals surface area contributed by atoms with Gasteiger partial charge in [0.15, 0.2) is 0 Å². The lowest BCUT2D eigenvalue weighted by atomic mass is 10.1. The molecule has 1 aliphatic rings. The lowest BCUT2D eigenvalue weighted by Gasteiger charge is -2.23. The first-order valence-electron chi connectivity index (χ1n) is 7.94. The van der Waals surface area contributed by atoms with E-state index < -0.39 is 11.9 Å². The smallest absolute Gasteiger partial charge is 0.348 e. The Morgan fingerprint density at radius 3 is 2.77 bits per heavy atom. The van der Waals surface area contributed by atoms with Crippen LogP contribution in [-0.4, -0.2) is 30.6 Å². The van der Waals surface area contributed by atoms with E-state index in [1.165, 1.54) is 12.1 Å². The molecule has 0 spiro atoms. The van der Waals surface area contributed by atoms with Crippen molar-refractivity contribution in [3.05, 3.63) is 46.8 Å². The number of methoxy groups -OCH3 is 1. The van der Waals surface area contributed by atoms with E-state index in [0.29, 0.717) is 15.6 Å². The van der Waals surface area contributed by atoms with Crippen LogP contribution in [0.5, 0.6) is 0 Å². The highest BCUT2D eigenvalue weighted by atomic mass is 32.1. The molecule has 0 saturated heterocycles. The average Bonchev–Trinajstić information content (AvgIpc) is 3.09. The van der Waals surface area contributed by atoms with Crippen molar-refractivity contribution in [3.8, 4) is 0 Å². The topological polar surface area (TPSA) is 88.1 Å². The van der Waals surface area contributed by atoms with Gasteiger partial charge in [-0.05, 0) is 36.8 Å². The van der Waals surface area contributed by atoms with Crippen molar-refractivity contribution in [2.45, 2.75) is 19.8 Å². The number of benzene rings is 1. The molecule has 2 amide bonds. The van der Waals surface area contributed by atoms with Crippen LogP contribution < -0.4 is 10.3 Å². The first-order chi connectivity index (χ1) is 12.5. The van der Waals surface area contributed by atoms with Crippen LogP contribution in [0.15, 0.2) is 41.5 Å². The number of hydrogen-bond acceptors (Lipinski definition) is 6. The SMILES string of the molecule is COC(=O)c1ccc(NC(=O)C2=NN(c3cccc(C)c3)C(=O)CC2)s1. The van der Waals surface area contributed by atoms with E-state index in [-0.39, 0.29) is 24.5 Å². The molecule has 134 valence electrons. The molecule has 0 atom stereocenters. The molecule has 0 fully saturated rings. The number of esters is 1. The van der Waals surface area contributed by atoms with Crippen molar-refractivity contribution in [2.75, 3.05) is 17.4 Å². The van der Waals surface area contributed by atoms with Gasteiger partial charge in [-0.3, -0.25) is 9.59 Å². The maximum absolute atomic E-state index is 12.5. The fourth-order valence-electron chi connectivity index (χ4n) is 2.48. The summed E-state index contributed by atoms with van der Waals surface area (Å²) in [5.74, 6) is -1.01. The minimum absolute atomic E-state index is 0.156. The number of thiophene rings is 1. The number of amides is 2. The minimum atomic E-state index is -0.457. The van der Waals surface area contributed by atoms with E-state index in [0.717, 1.165) is 16.9 Å². The Morgan fingerprint density at radius 2 is 2.04 bits per heavy atom. The molecule has 1 N–H and O–H groups in total. The van der Waals surface area contributed by atoms with Gasteiger partial charge in [0, 0.05) is 12.8 Å². The molecule has 1 aromatic heterocycles. The minimum Gasteiger partial charge on any atom is -0.465 e. The highest BCUT2D eigenvalue weighted by molar-refractivity contribution is 7.18. The van der Waals surface area contributed by atoms with Crippen LogP contribution in [-0.2, 0) is 14.3 Å². The van der Waals surface area contributed by atoms with Gasteiger partial charge in [0.25, 0.3) is 5.91 Å². The largest absolute Gasteiger partial charge is 0.465 e. The van der Waals surface area contributed by atoms with Gasteiger partial charge in [0.1, 0.15) is 10.6 Å². The van der Waals surface area contributed by atoms with Gasteiger partial charge in [-0.15, -0.1) is 11.3 Å². The molecule has 0 radical (unpaired) electrons. The summed E-state index contributed by atoms with van der Waals surface area (Å²) in [6, 6.07) is 10.6. The van der Waals surface area contributed by atoms with Crippen molar-refractivity contribution >= 4 is 45.5 Å². The Kier molecular flexibility index (Phi) is 5.13. The molecule has 7 nitrogen and oxygen atoms in total. The second-order valence-electron chi connectivity index (χ2n) is 5.70. The summed E-state index contributed by atoms with van der Waals surface area (Å²) in [5, 5.41) is 8.72. The molecular formula is C18H17N3O4S.